The third-order valence-electron chi connectivity index (χ3n) is 8.09. The van der Waals surface area contributed by atoms with Crippen molar-refractivity contribution in [3.8, 4) is 17.7 Å². The van der Waals surface area contributed by atoms with Crippen molar-refractivity contribution in [3.05, 3.63) is 58.2 Å². The average Bonchev–Trinajstić information content (AvgIpc) is 3.69. The molecule has 0 saturated carbocycles. The summed E-state index contributed by atoms with van der Waals surface area (Å²) in [5.41, 5.74) is 4.59. The smallest absolute Gasteiger partial charge is 0.242 e. The Balaban J connectivity index is 1.04. The van der Waals surface area contributed by atoms with E-state index in [4.69, 9.17) is 24.7 Å². The summed E-state index contributed by atoms with van der Waals surface area (Å²) in [6.07, 6.45) is 8.68. The molecule has 2 aliphatic rings. The van der Waals surface area contributed by atoms with Gasteiger partial charge in [0.1, 0.15) is 17.0 Å². The first-order valence-corrected chi connectivity index (χ1v) is 16.2. The van der Waals surface area contributed by atoms with Crippen molar-refractivity contribution in [3.63, 3.8) is 0 Å². The largest absolute Gasteiger partial charge is 0.437 e. The lowest BCUT2D eigenvalue weighted by atomic mass is 10.1. The first-order valence-electron chi connectivity index (χ1n) is 15.3. The highest BCUT2D eigenvalue weighted by atomic mass is 32.1. The number of hydrogen-bond donors (Lipinski definition) is 2. The van der Waals surface area contributed by atoms with Crippen molar-refractivity contribution in [2.45, 2.75) is 64.7 Å². The van der Waals surface area contributed by atoms with Crippen molar-refractivity contribution in [2.75, 3.05) is 31.6 Å². The van der Waals surface area contributed by atoms with Crippen LogP contribution < -0.4 is 15.4 Å². The van der Waals surface area contributed by atoms with Crippen LogP contribution in [0.1, 0.15) is 48.1 Å². The first kappa shape index (κ1) is 30.6. The minimum atomic E-state index is -0.0470. The maximum absolute atomic E-state index is 12.4. The molecule has 45 heavy (non-hydrogen) atoms. The number of thiophene rings is 1. The normalized spacial score (nSPS) is 16.6. The van der Waals surface area contributed by atoms with Gasteiger partial charge < -0.3 is 20.1 Å². The number of benzene rings is 1. The molecule has 234 valence electrons. The fourth-order valence-electron chi connectivity index (χ4n) is 5.84. The van der Waals surface area contributed by atoms with Gasteiger partial charge in [0, 0.05) is 51.0 Å². The maximum atomic E-state index is 12.4. The molecule has 1 amide bonds. The minimum absolute atomic E-state index is 0.0470. The molecule has 0 aliphatic carbocycles. The van der Waals surface area contributed by atoms with Gasteiger partial charge in [-0.15, -0.1) is 16.4 Å². The molecule has 12 nitrogen and oxygen atoms in total. The molecule has 2 aliphatic heterocycles. The first-order chi connectivity index (χ1) is 21.9. The molecule has 0 atom stereocenters. The highest BCUT2D eigenvalue weighted by Crippen LogP contribution is 2.36. The number of rotatable bonds is 10. The second kappa shape index (κ2) is 14.2. The van der Waals surface area contributed by atoms with Crippen LogP contribution in [0.25, 0.3) is 16.3 Å². The Morgan fingerprint density at radius 2 is 1.93 bits per heavy atom. The summed E-state index contributed by atoms with van der Waals surface area (Å²) in [5, 5.41) is 26.0. The van der Waals surface area contributed by atoms with E-state index >= 15 is 0 Å². The number of amides is 1. The highest BCUT2D eigenvalue weighted by Gasteiger charge is 2.23. The number of aryl methyl sites for hydroxylation is 2. The molecule has 3 aromatic heterocycles. The van der Waals surface area contributed by atoms with Gasteiger partial charge in [0.2, 0.25) is 17.7 Å². The number of hydrogen-bond acceptors (Lipinski definition) is 11. The van der Waals surface area contributed by atoms with Crippen molar-refractivity contribution >= 4 is 39.5 Å². The van der Waals surface area contributed by atoms with Gasteiger partial charge in [-0.2, -0.15) is 10.2 Å². The molecule has 1 aromatic carbocycles. The lowest BCUT2D eigenvalue weighted by molar-refractivity contribution is -0.123. The van der Waals surface area contributed by atoms with E-state index in [1.807, 2.05) is 49.7 Å². The number of likely N-dealkylation sites (tertiary alicyclic amines) is 1. The number of fused-ring (bicyclic) bond motifs is 1. The fourth-order valence-corrected chi connectivity index (χ4v) is 6.59. The Bertz CT molecular complexity index is 1690. The summed E-state index contributed by atoms with van der Waals surface area (Å²) in [5.74, 6) is 1.80. The summed E-state index contributed by atoms with van der Waals surface area (Å²) in [6, 6.07) is 8.43. The molecule has 2 saturated heterocycles. The van der Waals surface area contributed by atoms with E-state index in [-0.39, 0.29) is 24.5 Å². The van der Waals surface area contributed by atoms with Gasteiger partial charge in [-0.1, -0.05) is 5.21 Å². The molecule has 0 unspecified atom stereocenters. The van der Waals surface area contributed by atoms with E-state index < -0.39 is 0 Å². The Kier molecular flexibility index (Phi) is 9.63. The van der Waals surface area contributed by atoms with Crippen LogP contribution >= 0.6 is 11.3 Å². The lowest BCUT2D eigenvalue weighted by Gasteiger charge is -2.31. The third kappa shape index (κ3) is 7.83. The number of aromatic nitrogens is 5. The number of carbonyl (C=O) groups excluding carboxylic acids is 1. The number of nitriles is 1. The van der Waals surface area contributed by atoms with E-state index in [1.165, 1.54) is 6.08 Å². The Morgan fingerprint density at radius 1 is 1.16 bits per heavy atom. The second-order valence-electron chi connectivity index (χ2n) is 11.6. The van der Waals surface area contributed by atoms with Crippen molar-refractivity contribution < 1.29 is 14.3 Å². The molecule has 6 rings (SSSR count). The zero-order valence-corrected chi connectivity index (χ0v) is 26.3. The molecule has 2 N–H and O–H groups in total. The van der Waals surface area contributed by atoms with Gasteiger partial charge in [-0.25, -0.2) is 9.67 Å². The summed E-state index contributed by atoms with van der Waals surface area (Å²) in [7, 11) is 0. The number of allylic oxidation sites excluding steroid dienone is 1. The number of anilines is 1. The van der Waals surface area contributed by atoms with Gasteiger partial charge in [-0.05, 0) is 85.9 Å². The molecule has 2 fully saturated rings. The van der Waals surface area contributed by atoms with Gasteiger partial charge in [0.25, 0.3) is 0 Å². The summed E-state index contributed by atoms with van der Waals surface area (Å²) in [6.45, 7) is 8.02. The zero-order chi connectivity index (χ0) is 31.2. The van der Waals surface area contributed by atoms with Crippen LogP contribution in [-0.4, -0.2) is 74.2 Å². The van der Waals surface area contributed by atoms with Crippen molar-refractivity contribution in [1.82, 2.24) is 35.2 Å². The van der Waals surface area contributed by atoms with Crippen LogP contribution in [-0.2, 0) is 22.6 Å². The summed E-state index contributed by atoms with van der Waals surface area (Å²) < 4.78 is 14.3. The van der Waals surface area contributed by atoms with E-state index in [9.17, 15) is 4.79 Å². The third-order valence-corrected chi connectivity index (χ3v) is 8.98. The number of ether oxygens (including phenoxy) is 2. The fraction of sp³-hybridized carbons (Fsp3) is 0.438. The molecule has 13 heteroatoms. The van der Waals surface area contributed by atoms with E-state index in [2.05, 4.69) is 25.8 Å². The number of nitrogens with one attached hydrogen (secondary N) is 2. The predicted octanol–water partition coefficient (Wildman–Crippen LogP) is 4.60. The molecule has 4 aromatic rings. The standard InChI is InChI=1S/C32H37N9O3S/c1-21-16-23(4-3-10-33)17-22(2)29(21)44-31-30-27(9-15-45-30)36-32(37-31)35-24-5-11-40(12-6-24)18-26-19-41(39-38-26)20-28(42)34-25-7-13-43-14-8-25/h3-4,9,15-17,19,24-25H,5-8,11-14,18,20H2,1-2H3,(H,34,42)(H,35,36,37)/b4-3+. The van der Waals surface area contributed by atoms with Crippen LogP contribution in [0.5, 0.6) is 11.6 Å². The van der Waals surface area contributed by atoms with Crippen molar-refractivity contribution in [2.24, 2.45) is 0 Å². The monoisotopic (exact) mass is 627 g/mol. The topological polar surface area (TPSA) is 143 Å². The number of piperidine rings is 1. The van der Waals surface area contributed by atoms with Crippen LogP contribution in [0.2, 0.25) is 0 Å². The average molecular weight is 628 g/mol. The highest BCUT2D eigenvalue weighted by molar-refractivity contribution is 7.17. The minimum Gasteiger partial charge on any atom is -0.437 e. The second-order valence-corrected chi connectivity index (χ2v) is 12.5. The molecule has 0 spiro atoms. The lowest BCUT2D eigenvalue weighted by Crippen LogP contribution is -2.40. The molecule has 0 bridgehead atoms. The van der Waals surface area contributed by atoms with Gasteiger partial charge in [0.15, 0.2) is 0 Å². The van der Waals surface area contributed by atoms with E-state index in [1.54, 1.807) is 22.1 Å². The summed E-state index contributed by atoms with van der Waals surface area (Å²) >= 11 is 1.56. The molecule has 0 radical (unpaired) electrons. The maximum Gasteiger partial charge on any atom is 0.242 e. The number of nitrogens with zero attached hydrogens (tertiary/aromatic N) is 7. The SMILES string of the molecule is Cc1cc(/C=C/C#N)cc(C)c1Oc1nc(NC2CCN(Cc3cn(CC(=O)NC4CCOCC4)nn3)CC2)nc2ccsc12. The van der Waals surface area contributed by atoms with Crippen LogP contribution in [0.4, 0.5) is 5.95 Å². The van der Waals surface area contributed by atoms with Crippen LogP contribution in [0.3, 0.4) is 0 Å². The van der Waals surface area contributed by atoms with Crippen LogP contribution in [0.15, 0.2) is 35.9 Å². The van der Waals surface area contributed by atoms with Gasteiger partial charge >= 0.3 is 0 Å². The molecular formula is C32H37N9O3S. The van der Waals surface area contributed by atoms with Crippen molar-refractivity contribution in [1.29, 1.82) is 5.26 Å². The Morgan fingerprint density at radius 3 is 2.69 bits per heavy atom. The van der Waals surface area contributed by atoms with Gasteiger partial charge in [-0.3, -0.25) is 9.69 Å². The van der Waals surface area contributed by atoms with E-state index in [0.29, 0.717) is 31.6 Å². The van der Waals surface area contributed by atoms with Crippen LogP contribution in [0, 0.1) is 25.2 Å². The van der Waals surface area contributed by atoms with E-state index in [0.717, 1.165) is 77.1 Å². The summed E-state index contributed by atoms with van der Waals surface area (Å²) in [4.78, 5) is 24.3. The quantitative estimate of drug-likeness (QED) is 0.240. The van der Waals surface area contributed by atoms with Gasteiger partial charge in [0.05, 0.1) is 23.5 Å². The Labute approximate surface area is 266 Å². The Hall–Kier alpha value is -4.38. The number of carbonyl (C=O) groups is 1. The molecule has 5 heterocycles. The predicted molar refractivity (Wildman–Crippen MR) is 172 cm³/mol. The molecular weight excluding hydrogens is 590 g/mol. The zero-order valence-electron chi connectivity index (χ0n) is 25.5.